The Balaban J connectivity index is 2.19. The second-order valence-corrected chi connectivity index (χ2v) is 5.54. The highest BCUT2D eigenvalue weighted by molar-refractivity contribution is 7.17. The zero-order valence-electron chi connectivity index (χ0n) is 10.5. The summed E-state index contributed by atoms with van der Waals surface area (Å²) in [4.78, 5) is 21.8. The van der Waals surface area contributed by atoms with Crippen molar-refractivity contribution in [2.75, 3.05) is 19.1 Å². The van der Waals surface area contributed by atoms with E-state index in [0.717, 1.165) is 17.0 Å². The van der Waals surface area contributed by atoms with Gasteiger partial charge in [-0.25, -0.2) is 14.8 Å². The molecular formula is C11H13N3O3S2. The molecule has 2 aromatic rings. The minimum absolute atomic E-state index is 0.197. The number of carboxylic acids is 1. The number of aromatic nitrogens is 2. The van der Waals surface area contributed by atoms with Crippen LogP contribution in [-0.4, -0.2) is 35.2 Å². The predicted octanol–water partition coefficient (Wildman–Crippen LogP) is 2.08. The first-order valence-electron chi connectivity index (χ1n) is 5.42. The van der Waals surface area contributed by atoms with Crippen LogP contribution in [0.2, 0.25) is 0 Å². The van der Waals surface area contributed by atoms with Crippen LogP contribution in [0, 0.1) is 0 Å². The second-order valence-electron chi connectivity index (χ2n) is 3.85. The van der Waals surface area contributed by atoms with Crippen LogP contribution >= 0.6 is 22.7 Å². The van der Waals surface area contributed by atoms with Crippen molar-refractivity contribution >= 4 is 33.8 Å². The van der Waals surface area contributed by atoms with Gasteiger partial charge < -0.3 is 14.7 Å². The lowest BCUT2D eigenvalue weighted by Gasteiger charge is -2.13. The maximum atomic E-state index is 11.1. The fourth-order valence-corrected chi connectivity index (χ4v) is 2.95. The molecule has 0 fully saturated rings. The number of aromatic carboxylic acids is 1. The van der Waals surface area contributed by atoms with Crippen LogP contribution in [0.4, 0.5) is 5.13 Å². The van der Waals surface area contributed by atoms with Crippen LogP contribution in [0.25, 0.3) is 0 Å². The number of carboxylic acid groups (broad SMARTS) is 1. The molecule has 6 nitrogen and oxygen atoms in total. The summed E-state index contributed by atoms with van der Waals surface area (Å²) in [6, 6.07) is 0. The Hall–Kier alpha value is -1.51. The quantitative estimate of drug-likeness (QED) is 0.880. The van der Waals surface area contributed by atoms with E-state index in [4.69, 9.17) is 9.84 Å². The Labute approximate surface area is 118 Å². The van der Waals surface area contributed by atoms with Gasteiger partial charge in [0, 0.05) is 19.5 Å². The summed E-state index contributed by atoms with van der Waals surface area (Å²) in [7, 11) is 3.38. The summed E-state index contributed by atoms with van der Waals surface area (Å²) in [5.74, 6) is -0.974. The first-order valence-corrected chi connectivity index (χ1v) is 7.18. The maximum absolute atomic E-state index is 11.1. The van der Waals surface area contributed by atoms with Crippen molar-refractivity contribution in [1.82, 2.24) is 9.97 Å². The minimum atomic E-state index is -0.974. The first-order chi connectivity index (χ1) is 9.11. The van der Waals surface area contributed by atoms with Gasteiger partial charge in [0.15, 0.2) is 5.13 Å². The predicted molar refractivity (Wildman–Crippen MR) is 74.0 cm³/mol. The van der Waals surface area contributed by atoms with Crippen LogP contribution in [-0.2, 0) is 17.9 Å². The topological polar surface area (TPSA) is 75.5 Å². The lowest BCUT2D eigenvalue weighted by Crippen LogP contribution is -2.16. The fraction of sp³-hybridized carbons (Fsp3) is 0.364. The Morgan fingerprint density at radius 3 is 2.95 bits per heavy atom. The van der Waals surface area contributed by atoms with Crippen LogP contribution in [0.3, 0.4) is 0 Å². The highest BCUT2D eigenvalue weighted by Gasteiger charge is 2.19. The first kappa shape index (κ1) is 13.9. The molecule has 0 saturated carbocycles. The molecule has 0 amide bonds. The molecule has 0 aliphatic rings. The molecule has 0 spiro atoms. The van der Waals surface area contributed by atoms with E-state index in [1.54, 1.807) is 5.51 Å². The van der Waals surface area contributed by atoms with Crippen molar-refractivity contribution in [3.05, 3.63) is 27.2 Å². The Morgan fingerprint density at radius 2 is 2.37 bits per heavy atom. The highest BCUT2D eigenvalue weighted by Crippen LogP contribution is 2.27. The molecule has 0 radical (unpaired) electrons. The van der Waals surface area contributed by atoms with Gasteiger partial charge in [-0.3, -0.25) is 0 Å². The van der Waals surface area contributed by atoms with Crippen molar-refractivity contribution in [2.45, 2.75) is 13.2 Å². The zero-order valence-corrected chi connectivity index (χ0v) is 12.1. The third kappa shape index (κ3) is 3.28. The third-order valence-electron chi connectivity index (χ3n) is 2.37. The van der Waals surface area contributed by atoms with E-state index < -0.39 is 5.97 Å². The number of hydrogen-bond donors (Lipinski definition) is 1. The summed E-state index contributed by atoms with van der Waals surface area (Å²) in [6.45, 7) is 0.797. The van der Waals surface area contributed by atoms with E-state index in [2.05, 4.69) is 9.97 Å². The Morgan fingerprint density at radius 1 is 1.58 bits per heavy atom. The van der Waals surface area contributed by atoms with Crippen molar-refractivity contribution < 1.29 is 14.6 Å². The molecule has 0 bridgehead atoms. The molecule has 8 heteroatoms. The molecule has 0 aliphatic heterocycles. The van der Waals surface area contributed by atoms with Crippen LogP contribution in [0.1, 0.15) is 21.1 Å². The summed E-state index contributed by atoms with van der Waals surface area (Å²) < 4.78 is 4.97. The lowest BCUT2D eigenvalue weighted by atomic mass is 10.4. The van der Waals surface area contributed by atoms with Crippen LogP contribution < -0.4 is 4.90 Å². The van der Waals surface area contributed by atoms with Crippen molar-refractivity contribution in [3.63, 3.8) is 0 Å². The fourth-order valence-electron chi connectivity index (χ4n) is 1.53. The third-order valence-corrected chi connectivity index (χ3v) is 4.21. The summed E-state index contributed by atoms with van der Waals surface area (Å²) in [5.41, 5.74) is 3.16. The average molecular weight is 299 g/mol. The monoisotopic (exact) mass is 299 g/mol. The largest absolute Gasteiger partial charge is 0.477 e. The van der Waals surface area contributed by atoms with E-state index in [1.165, 1.54) is 18.4 Å². The van der Waals surface area contributed by atoms with Gasteiger partial charge in [-0.2, -0.15) is 0 Å². The van der Waals surface area contributed by atoms with Gasteiger partial charge in [0.1, 0.15) is 4.88 Å². The SMILES string of the molecule is COCc1nc(N(C)Cc2cscn2)sc1C(=O)O. The number of anilines is 1. The van der Waals surface area contributed by atoms with Crippen LogP contribution in [0.15, 0.2) is 10.9 Å². The molecule has 102 valence electrons. The van der Waals surface area contributed by atoms with Gasteiger partial charge in [0.05, 0.1) is 30.1 Å². The zero-order chi connectivity index (χ0) is 13.8. The van der Waals surface area contributed by atoms with Gasteiger partial charge >= 0.3 is 5.97 Å². The molecule has 19 heavy (non-hydrogen) atoms. The number of methoxy groups -OCH3 is 1. The van der Waals surface area contributed by atoms with Gasteiger partial charge in [-0.05, 0) is 0 Å². The van der Waals surface area contributed by atoms with Crippen LogP contribution in [0.5, 0.6) is 0 Å². The van der Waals surface area contributed by atoms with E-state index >= 15 is 0 Å². The number of carbonyl (C=O) groups is 1. The number of thiazole rings is 2. The van der Waals surface area contributed by atoms with E-state index in [0.29, 0.717) is 17.4 Å². The summed E-state index contributed by atoms with van der Waals surface area (Å²) in [5, 5.41) is 11.7. The standard InChI is InChI=1S/C11H13N3O3S2/c1-14(3-7-5-18-6-12-7)11-13-8(4-17-2)9(19-11)10(15)16/h5-6H,3-4H2,1-2H3,(H,15,16). The molecule has 0 aliphatic carbocycles. The maximum Gasteiger partial charge on any atom is 0.347 e. The van der Waals surface area contributed by atoms with Gasteiger partial charge in [-0.1, -0.05) is 11.3 Å². The van der Waals surface area contributed by atoms with Gasteiger partial charge in [0.25, 0.3) is 0 Å². The number of hydrogen-bond acceptors (Lipinski definition) is 7. The Kier molecular flexibility index (Phi) is 4.46. The molecule has 0 aromatic carbocycles. The van der Waals surface area contributed by atoms with Crippen molar-refractivity contribution in [1.29, 1.82) is 0 Å². The molecule has 0 unspecified atom stereocenters. The average Bonchev–Trinajstić information content (AvgIpc) is 2.98. The van der Waals surface area contributed by atoms with Crippen molar-refractivity contribution in [2.24, 2.45) is 0 Å². The highest BCUT2D eigenvalue weighted by atomic mass is 32.1. The second kappa shape index (κ2) is 6.09. The summed E-state index contributed by atoms with van der Waals surface area (Å²) in [6.07, 6.45) is 0. The molecular weight excluding hydrogens is 286 g/mol. The number of rotatable bonds is 6. The summed E-state index contributed by atoms with van der Waals surface area (Å²) >= 11 is 2.68. The van der Waals surface area contributed by atoms with Gasteiger partial charge in [0.2, 0.25) is 0 Å². The minimum Gasteiger partial charge on any atom is -0.477 e. The molecule has 1 N–H and O–H groups in total. The normalized spacial score (nSPS) is 10.6. The number of ether oxygens (including phenoxy) is 1. The molecule has 2 aromatic heterocycles. The molecule has 2 heterocycles. The smallest absolute Gasteiger partial charge is 0.347 e. The van der Waals surface area contributed by atoms with Gasteiger partial charge in [-0.15, -0.1) is 11.3 Å². The number of nitrogens with zero attached hydrogens (tertiary/aromatic N) is 3. The van der Waals surface area contributed by atoms with E-state index in [9.17, 15) is 4.79 Å². The molecule has 0 atom stereocenters. The van der Waals surface area contributed by atoms with E-state index in [1.807, 2.05) is 17.3 Å². The Bertz CT molecular complexity index is 554. The van der Waals surface area contributed by atoms with E-state index in [-0.39, 0.29) is 11.5 Å². The molecule has 2 rings (SSSR count). The van der Waals surface area contributed by atoms with Crippen molar-refractivity contribution in [3.8, 4) is 0 Å². The lowest BCUT2D eigenvalue weighted by molar-refractivity contribution is 0.0697. The molecule has 0 saturated heterocycles.